The lowest BCUT2D eigenvalue weighted by atomic mass is 10.1. The summed E-state index contributed by atoms with van der Waals surface area (Å²) in [6, 6.07) is 5.81. The lowest BCUT2D eigenvalue weighted by molar-refractivity contribution is 0.0255. The average molecular weight is 259 g/mol. The molecule has 0 aromatic carbocycles. The van der Waals surface area contributed by atoms with Crippen LogP contribution in [0, 0.1) is 0 Å². The van der Waals surface area contributed by atoms with E-state index in [4.69, 9.17) is 9.47 Å². The summed E-state index contributed by atoms with van der Waals surface area (Å²) in [5, 5.41) is 4.16. The van der Waals surface area contributed by atoms with E-state index < -0.39 is 0 Å². The van der Waals surface area contributed by atoms with Crippen LogP contribution < -0.4 is 4.74 Å². The molecule has 1 saturated heterocycles. The first-order valence-electron chi connectivity index (χ1n) is 6.52. The second-order valence-corrected chi connectivity index (χ2v) is 4.65. The van der Waals surface area contributed by atoms with Crippen molar-refractivity contribution < 1.29 is 9.47 Å². The fourth-order valence-corrected chi connectivity index (χ4v) is 2.24. The Bertz CT molecular complexity index is 547. The highest BCUT2D eigenvalue weighted by molar-refractivity contribution is 5.55. The molecule has 100 valence electrons. The molecule has 0 N–H and O–H groups in total. The number of nitrogens with zero attached hydrogens (tertiary/aromatic N) is 3. The predicted octanol–water partition coefficient (Wildman–Crippen LogP) is 2.04. The number of hydrogen-bond acceptors (Lipinski definition) is 4. The van der Waals surface area contributed by atoms with Crippen LogP contribution in [0.4, 0.5) is 0 Å². The number of aryl methyl sites for hydroxylation is 1. The largest absolute Gasteiger partial charge is 0.490 e. The summed E-state index contributed by atoms with van der Waals surface area (Å²) in [5.41, 5.74) is 1.86. The maximum atomic E-state index is 5.98. The monoisotopic (exact) mass is 259 g/mol. The van der Waals surface area contributed by atoms with Crippen molar-refractivity contribution in [2.45, 2.75) is 18.9 Å². The molecule has 2 aromatic heterocycles. The van der Waals surface area contributed by atoms with Gasteiger partial charge in [0, 0.05) is 38.3 Å². The van der Waals surface area contributed by atoms with Gasteiger partial charge < -0.3 is 9.47 Å². The summed E-state index contributed by atoms with van der Waals surface area (Å²) in [6.45, 7) is 1.56. The molecule has 1 fully saturated rings. The third-order valence-electron chi connectivity index (χ3n) is 3.29. The molecular weight excluding hydrogens is 242 g/mol. The molecule has 3 rings (SSSR count). The van der Waals surface area contributed by atoms with Crippen LogP contribution in [-0.2, 0) is 11.8 Å². The molecule has 0 atom stereocenters. The Labute approximate surface area is 112 Å². The molecule has 5 nitrogen and oxygen atoms in total. The van der Waals surface area contributed by atoms with Gasteiger partial charge in [0.2, 0.25) is 0 Å². The number of rotatable bonds is 3. The maximum Gasteiger partial charge on any atom is 0.123 e. The van der Waals surface area contributed by atoms with Gasteiger partial charge in [-0.3, -0.25) is 9.67 Å². The number of hydrogen-bond donors (Lipinski definition) is 0. The lowest BCUT2D eigenvalue weighted by Crippen LogP contribution is -2.25. The summed E-state index contributed by atoms with van der Waals surface area (Å²) in [6.07, 6.45) is 5.68. The highest BCUT2D eigenvalue weighted by Gasteiger charge is 2.15. The van der Waals surface area contributed by atoms with E-state index in [1.807, 2.05) is 25.2 Å². The first kappa shape index (κ1) is 12.2. The fraction of sp³-hybridized carbons (Fsp3) is 0.429. The van der Waals surface area contributed by atoms with E-state index in [1.165, 1.54) is 0 Å². The molecule has 1 aliphatic rings. The number of aromatic nitrogens is 3. The van der Waals surface area contributed by atoms with Gasteiger partial charge >= 0.3 is 0 Å². The van der Waals surface area contributed by atoms with Gasteiger partial charge in [-0.05, 0) is 12.1 Å². The van der Waals surface area contributed by atoms with E-state index in [-0.39, 0.29) is 6.10 Å². The summed E-state index contributed by atoms with van der Waals surface area (Å²) in [7, 11) is 1.91. The zero-order chi connectivity index (χ0) is 13.1. The van der Waals surface area contributed by atoms with Crippen LogP contribution in [0.1, 0.15) is 12.8 Å². The zero-order valence-corrected chi connectivity index (χ0v) is 11.0. The highest BCUT2D eigenvalue weighted by atomic mass is 16.5. The molecule has 2 aromatic rings. The molecular formula is C14H17N3O2. The Balaban J connectivity index is 1.78. The predicted molar refractivity (Wildman–Crippen MR) is 70.9 cm³/mol. The van der Waals surface area contributed by atoms with E-state index in [2.05, 4.69) is 10.1 Å². The van der Waals surface area contributed by atoms with Gasteiger partial charge in [-0.15, -0.1) is 0 Å². The Morgan fingerprint density at radius 3 is 2.84 bits per heavy atom. The molecule has 0 amide bonds. The summed E-state index contributed by atoms with van der Waals surface area (Å²) >= 11 is 0. The summed E-state index contributed by atoms with van der Waals surface area (Å²) < 4.78 is 13.1. The van der Waals surface area contributed by atoms with Crippen LogP contribution in [0.2, 0.25) is 0 Å². The molecule has 0 bridgehead atoms. The van der Waals surface area contributed by atoms with E-state index in [0.717, 1.165) is 43.2 Å². The first-order chi connectivity index (χ1) is 9.33. The van der Waals surface area contributed by atoms with Crippen molar-refractivity contribution in [2.75, 3.05) is 13.2 Å². The summed E-state index contributed by atoms with van der Waals surface area (Å²) in [5.74, 6) is 0.859. The quantitative estimate of drug-likeness (QED) is 0.846. The third kappa shape index (κ3) is 2.76. The van der Waals surface area contributed by atoms with Crippen molar-refractivity contribution in [3.63, 3.8) is 0 Å². The Kier molecular flexibility index (Phi) is 3.46. The summed E-state index contributed by atoms with van der Waals surface area (Å²) in [4.78, 5) is 4.37. The molecule has 0 aliphatic carbocycles. The van der Waals surface area contributed by atoms with E-state index >= 15 is 0 Å². The smallest absolute Gasteiger partial charge is 0.123 e. The Morgan fingerprint density at radius 1 is 1.26 bits per heavy atom. The first-order valence-corrected chi connectivity index (χ1v) is 6.52. The second-order valence-electron chi connectivity index (χ2n) is 4.65. The van der Waals surface area contributed by atoms with Gasteiger partial charge in [0.05, 0.1) is 24.6 Å². The number of ether oxygens (including phenoxy) is 2. The third-order valence-corrected chi connectivity index (χ3v) is 3.29. The highest BCUT2D eigenvalue weighted by Crippen LogP contribution is 2.23. The van der Waals surface area contributed by atoms with Gasteiger partial charge in [-0.25, -0.2) is 0 Å². The molecule has 0 radical (unpaired) electrons. The average Bonchev–Trinajstić information content (AvgIpc) is 2.86. The molecule has 19 heavy (non-hydrogen) atoms. The van der Waals surface area contributed by atoms with Crippen LogP contribution in [0.25, 0.3) is 11.4 Å². The van der Waals surface area contributed by atoms with Crippen LogP contribution >= 0.6 is 0 Å². The zero-order valence-electron chi connectivity index (χ0n) is 11.0. The minimum Gasteiger partial charge on any atom is -0.490 e. The number of pyridine rings is 1. The molecule has 3 heterocycles. The van der Waals surface area contributed by atoms with Gasteiger partial charge in [-0.2, -0.15) is 5.10 Å². The van der Waals surface area contributed by atoms with Crippen molar-refractivity contribution in [3.05, 3.63) is 30.6 Å². The van der Waals surface area contributed by atoms with Gasteiger partial charge in [0.25, 0.3) is 0 Å². The maximum absolute atomic E-state index is 5.98. The Morgan fingerprint density at radius 2 is 2.11 bits per heavy atom. The van der Waals surface area contributed by atoms with Crippen LogP contribution in [0.3, 0.4) is 0 Å². The van der Waals surface area contributed by atoms with Crippen LogP contribution in [-0.4, -0.2) is 34.1 Å². The molecule has 0 spiro atoms. The molecule has 0 saturated carbocycles. The molecule has 0 unspecified atom stereocenters. The van der Waals surface area contributed by atoms with Crippen LogP contribution in [0.15, 0.2) is 30.6 Å². The second kappa shape index (κ2) is 5.40. The fourth-order valence-electron chi connectivity index (χ4n) is 2.24. The van der Waals surface area contributed by atoms with E-state index in [0.29, 0.717) is 0 Å². The minimum absolute atomic E-state index is 0.246. The van der Waals surface area contributed by atoms with Crippen molar-refractivity contribution in [1.82, 2.24) is 14.8 Å². The standard InChI is InChI=1S/C14H17N3O2/c1-17-14(3-7-16-17)13-10-12(2-6-15-13)19-11-4-8-18-9-5-11/h2-3,6-7,10-11H,4-5,8-9H2,1H3. The van der Waals surface area contributed by atoms with E-state index in [1.54, 1.807) is 17.1 Å². The lowest BCUT2D eigenvalue weighted by Gasteiger charge is -2.23. The van der Waals surface area contributed by atoms with Crippen molar-refractivity contribution in [1.29, 1.82) is 0 Å². The van der Waals surface area contributed by atoms with Gasteiger partial charge in [0.15, 0.2) is 0 Å². The normalized spacial score (nSPS) is 16.5. The van der Waals surface area contributed by atoms with E-state index in [9.17, 15) is 0 Å². The SMILES string of the molecule is Cn1nccc1-c1cc(OC2CCOCC2)ccn1. The van der Waals surface area contributed by atoms with Crippen molar-refractivity contribution in [3.8, 4) is 17.1 Å². The van der Waals surface area contributed by atoms with Gasteiger partial charge in [0.1, 0.15) is 11.9 Å². The van der Waals surface area contributed by atoms with Crippen LogP contribution in [0.5, 0.6) is 5.75 Å². The molecule has 1 aliphatic heterocycles. The van der Waals surface area contributed by atoms with Crippen molar-refractivity contribution in [2.24, 2.45) is 7.05 Å². The van der Waals surface area contributed by atoms with Gasteiger partial charge in [-0.1, -0.05) is 0 Å². The minimum atomic E-state index is 0.246. The van der Waals surface area contributed by atoms with Crippen molar-refractivity contribution >= 4 is 0 Å². The molecule has 5 heteroatoms. The Hall–Kier alpha value is -1.88. The topological polar surface area (TPSA) is 49.2 Å².